The lowest BCUT2D eigenvalue weighted by atomic mass is 10.1. The summed E-state index contributed by atoms with van der Waals surface area (Å²) in [5, 5.41) is 2.93. The second-order valence-corrected chi connectivity index (χ2v) is 6.93. The Morgan fingerprint density at radius 2 is 1.82 bits per heavy atom. The van der Waals surface area contributed by atoms with Gasteiger partial charge in [-0.25, -0.2) is 0 Å². The van der Waals surface area contributed by atoms with Crippen LogP contribution in [0.15, 0.2) is 40.8 Å². The summed E-state index contributed by atoms with van der Waals surface area (Å²) in [6, 6.07) is 11.3. The van der Waals surface area contributed by atoms with Crippen LogP contribution in [0.5, 0.6) is 5.75 Å². The molecule has 2 heterocycles. The number of esters is 1. The normalized spacial score (nSPS) is 19.4. The fraction of sp³-hybridized carbons (Fsp3) is 0.429. The van der Waals surface area contributed by atoms with Crippen molar-refractivity contribution in [2.75, 3.05) is 27.8 Å². The van der Waals surface area contributed by atoms with Gasteiger partial charge >= 0.3 is 5.97 Å². The molecule has 1 aliphatic heterocycles. The van der Waals surface area contributed by atoms with Crippen LogP contribution < -0.4 is 10.1 Å². The number of benzene rings is 1. The van der Waals surface area contributed by atoms with Gasteiger partial charge in [0.2, 0.25) is 0 Å². The zero-order valence-electron chi connectivity index (χ0n) is 16.4. The van der Waals surface area contributed by atoms with Crippen LogP contribution >= 0.6 is 0 Å². The second kappa shape index (κ2) is 8.93. The van der Waals surface area contributed by atoms with E-state index in [1.807, 2.05) is 31.3 Å². The van der Waals surface area contributed by atoms with E-state index in [-0.39, 0.29) is 29.7 Å². The van der Waals surface area contributed by atoms with Gasteiger partial charge in [-0.3, -0.25) is 14.5 Å². The summed E-state index contributed by atoms with van der Waals surface area (Å²) in [5.74, 6) is 1.22. The van der Waals surface area contributed by atoms with Crippen LogP contribution in [-0.4, -0.2) is 56.7 Å². The highest BCUT2D eigenvalue weighted by Crippen LogP contribution is 2.26. The number of amides is 1. The summed E-state index contributed by atoms with van der Waals surface area (Å²) in [6.45, 7) is 0.506. The van der Waals surface area contributed by atoms with Crippen molar-refractivity contribution in [1.29, 1.82) is 0 Å². The Kier molecular flexibility index (Phi) is 6.36. The van der Waals surface area contributed by atoms with Crippen molar-refractivity contribution in [2.24, 2.45) is 0 Å². The monoisotopic (exact) mass is 386 g/mol. The van der Waals surface area contributed by atoms with Crippen molar-refractivity contribution in [3.05, 3.63) is 42.2 Å². The average molecular weight is 386 g/mol. The molecule has 1 aromatic carbocycles. The van der Waals surface area contributed by atoms with Gasteiger partial charge in [0.1, 0.15) is 11.5 Å². The standard InChI is InChI=1S/C21H26N2O5/c1-23-15(12-20(24)27-3)6-7-16(23)13-22-21(25)19-11-10-18(28-19)14-4-8-17(26-2)9-5-14/h4-5,8-11,15-16H,6-7,12-13H2,1-3H3,(H,22,25)/t15-,16+/m1/s1. The SMILES string of the molecule is COC(=O)C[C@H]1CC[C@@H](CNC(=O)c2ccc(-c3ccc(OC)cc3)o2)N1C. The van der Waals surface area contributed by atoms with E-state index in [0.29, 0.717) is 18.7 Å². The molecule has 0 aliphatic carbocycles. The van der Waals surface area contributed by atoms with Gasteiger partial charge in [0, 0.05) is 24.2 Å². The Balaban J connectivity index is 1.54. The largest absolute Gasteiger partial charge is 0.497 e. The zero-order chi connectivity index (χ0) is 20.1. The first-order valence-corrected chi connectivity index (χ1v) is 9.33. The van der Waals surface area contributed by atoms with Crippen LogP contribution in [-0.2, 0) is 9.53 Å². The highest BCUT2D eigenvalue weighted by Gasteiger charge is 2.32. The van der Waals surface area contributed by atoms with Gasteiger partial charge in [-0.15, -0.1) is 0 Å². The molecule has 2 atom stereocenters. The zero-order valence-corrected chi connectivity index (χ0v) is 16.4. The molecule has 0 spiro atoms. The van der Waals surface area contributed by atoms with Gasteiger partial charge in [0.05, 0.1) is 20.6 Å². The van der Waals surface area contributed by atoms with Crippen LogP contribution in [0.3, 0.4) is 0 Å². The molecule has 7 heteroatoms. The maximum atomic E-state index is 12.4. The van der Waals surface area contributed by atoms with Crippen molar-refractivity contribution in [3.8, 4) is 17.1 Å². The summed E-state index contributed by atoms with van der Waals surface area (Å²) in [5.41, 5.74) is 0.876. The fourth-order valence-corrected chi connectivity index (χ4v) is 3.53. The van der Waals surface area contributed by atoms with Gasteiger partial charge in [-0.05, 0) is 56.3 Å². The molecule has 28 heavy (non-hydrogen) atoms. The van der Waals surface area contributed by atoms with E-state index in [9.17, 15) is 9.59 Å². The molecule has 1 saturated heterocycles. The van der Waals surface area contributed by atoms with E-state index in [4.69, 9.17) is 13.9 Å². The number of carbonyl (C=O) groups is 2. The Bertz CT molecular complexity index is 814. The van der Waals surface area contributed by atoms with Crippen molar-refractivity contribution in [2.45, 2.75) is 31.3 Å². The fourth-order valence-electron chi connectivity index (χ4n) is 3.53. The number of hydrogen-bond acceptors (Lipinski definition) is 6. The molecule has 150 valence electrons. The molecule has 0 bridgehead atoms. The van der Waals surface area contributed by atoms with Gasteiger partial charge < -0.3 is 19.2 Å². The van der Waals surface area contributed by atoms with Gasteiger partial charge in [0.15, 0.2) is 5.76 Å². The van der Waals surface area contributed by atoms with Crippen LogP contribution in [0.4, 0.5) is 0 Å². The highest BCUT2D eigenvalue weighted by molar-refractivity contribution is 5.92. The summed E-state index contributed by atoms with van der Waals surface area (Å²) < 4.78 is 15.6. The number of methoxy groups -OCH3 is 2. The van der Waals surface area contributed by atoms with Crippen molar-refractivity contribution >= 4 is 11.9 Å². The van der Waals surface area contributed by atoms with Gasteiger partial charge in [-0.2, -0.15) is 0 Å². The molecular weight excluding hydrogens is 360 g/mol. The Hall–Kier alpha value is -2.80. The summed E-state index contributed by atoms with van der Waals surface area (Å²) in [6.07, 6.45) is 2.21. The average Bonchev–Trinajstić information content (AvgIpc) is 3.34. The number of furan rings is 1. The second-order valence-electron chi connectivity index (χ2n) is 6.93. The van der Waals surface area contributed by atoms with E-state index in [0.717, 1.165) is 24.2 Å². The van der Waals surface area contributed by atoms with E-state index >= 15 is 0 Å². The summed E-state index contributed by atoms with van der Waals surface area (Å²) >= 11 is 0. The van der Waals surface area contributed by atoms with Crippen molar-refractivity contribution in [3.63, 3.8) is 0 Å². The quantitative estimate of drug-likeness (QED) is 0.737. The molecule has 1 N–H and O–H groups in total. The lowest BCUT2D eigenvalue weighted by molar-refractivity contribution is -0.141. The molecule has 0 unspecified atom stereocenters. The summed E-state index contributed by atoms with van der Waals surface area (Å²) in [7, 11) is 4.99. The molecule has 1 fully saturated rings. The maximum absolute atomic E-state index is 12.4. The lowest BCUT2D eigenvalue weighted by Gasteiger charge is -2.25. The first-order chi connectivity index (χ1) is 13.5. The highest BCUT2D eigenvalue weighted by atomic mass is 16.5. The topological polar surface area (TPSA) is 81.0 Å². The molecule has 2 aromatic rings. The predicted octanol–water partition coefficient (Wildman–Crippen LogP) is 2.71. The van der Waals surface area contributed by atoms with E-state index in [2.05, 4.69) is 10.2 Å². The number of ether oxygens (including phenoxy) is 2. The smallest absolute Gasteiger partial charge is 0.307 e. The lowest BCUT2D eigenvalue weighted by Crippen LogP contribution is -2.41. The van der Waals surface area contributed by atoms with Crippen LogP contribution in [0.2, 0.25) is 0 Å². The third kappa shape index (κ3) is 4.54. The molecule has 0 radical (unpaired) electrons. The number of nitrogens with one attached hydrogen (secondary N) is 1. The number of nitrogens with zero attached hydrogens (tertiary/aromatic N) is 1. The number of rotatable bonds is 7. The predicted molar refractivity (Wildman–Crippen MR) is 104 cm³/mol. The van der Waals surface area contributed by atoms with E-state index in [1.165, 1.54) is 7.11 Å². The van der Waals surface area contributed by atoms with E-state index < -0.39 is 0 Å². The summed E-state index contributed by atoms with van der Waals surface area (Å²) in [4.78, 5) is 26.1. The molecular formula is C21H26N2O5. The number of likely N-dealkylation sites (tertiary alicyclic amines) is 1. The van der Waals surface area contributed by atoms with Crippen molar-refractivity contribution in [1.82, 2.24) is 10.2 Å². The third-order valence-corrected chi connectivity index (χ3v) is 5.32. The first kappa shape index (κ1) is 19.9. The maximum Gasteiger partial charge on any atom is 0.307 e. The third-order valence-electron chi connectivity index (χ3n) is 5.32. The minimum absolute atomic E-state index is 0.152. The van der Waals surface area contributed by atoms with Crippen molar-refractivity contribution < 1.29 is 23.5 Å². The van der Waals surface area contributed by atoms with Crippen LogP contribution in [0.25, 0.3) is 11.3 Å². The molecule has 1 amide bonds. The molecule has 1 aliphatic rings. The van der Waals surface area contributed by atoms with Crippen LogP contribution in [0.1, 0.15) is 29.8 Å². The molecule has 1 aromatic heterocycles. The van der Waals surface area contributed by atoms with Gasteiger partial charge in [0.25, 0.3) is 5.91 Å². The molecule has 0 saturated carbocycles. The molecule has 3 rings (SSSR count). The molecule has 7 nitrogen and oxygen atoms in total. The van der Waals surface area contributed by atoms with Gasteiger partial charge in [-0.1, -0.05) is 0 Å². The van der Waals surface area contributed by atoms with E-state index in [1.54, 1.807) is 19.2 Å². The Labute approximate surface area is 164 Å². The van der Waals surface area contributed by atoms with Crippen LogP contribution in [0, 0.1) is 0 Å². The Morgan fingerprint density at radius 3 is 2.50 bits per heavy atom. The number of carbonyl (C=O) groups excluding carboxylic acids is 2. The number of likely N-dealkylation sites (N-methyl/N-ethyl adjacent to an activating group) is 1. The minimum atomic E-state index is -0.246. The number of hydrogen-bond donors (Lipinski definition) is 1. The minimum Gasteiger partial charge on any atom is -0.497 e. The first-order valence-electron chi connectivity index (χ1n) is 9.33. The Morgan fingerprint density at radius 1 is 1.11 bits per heavy atom.